The van der Waals surface area contributed by atoms with Gasteiger partial charge in [0, 0.05) is 44.6 Å². The van der Waals surface area contributed by atoms with Gasteiger partial charge in [0.1, 0.15) is 11.4 Å². The lowest BCUT2D eigenvalue weighted by Crippen LogP contribution is -2.49. The second-order valence-electron chi connectivity index (χ2n) is 9.16. The molecule has 2 aromatic rings. The number of benzene rings is 1. The van der Waals surface area contributed by atoms with Crippen LogP contribution < -0.4 is 11.2 Å². The molecule has 2 fully saturated rings. The van der Waals surface area contributed by atoms with Crippen LogP contribution in [0.3, 0.4) is 0 Å². The molecule has 0 saturated carbocycles. The Balaban J connectivity index is 1.12. The number of nitrogens with one attached hydrogen (secondary N) is 1. The molecule has 0 atom stereocenters. The van der Waals surface area contributed by atoms with Crippen LogP contribution in [0.2, 0.25) is 0 Å². The molecule has 0 bridgehead atoms. The minimum atomic E-state index is -0.308. The van der Waals surface area contributed by atoms with Crippen molar-refractivity contribution in [3.63, 3.8) is 0 Å². The molecule has 3 aliphatic heterocycles. The first kappa shape index (κ1) is 21.0. The molecule has 2 saturated heterocycles. The Bertz CT molecular complexity index is 977. The van der Waals surface area contributed by atoms with E-state index in [1.807, 2.05) is 35.2 Å². The summed E-state index contributed by atoms with van der Waals surface area (Å²) in [7, 11) is 0. The zero-order valence-electron chi connectivity index (χ0n) is 18.4. The molecule has 5 rings (SSSR count). The lowest BCUT2D eigenvalue weighted by Gasteiger charge is -2.39. The monoisotopic (exact) mass is 433 g/mol. The number of nitrogens with zero attached hydrogens (tertiary/aromatic N) is 3. The van der Waals surface area contributed by atoms with Crippen molar-refractivity contribution in [2.24, 2.45) is 5.92 Å². The van der Waals surface area contributed by atoms with Gasteiger partial charge in [-0.15, -0.1) is 0 Å². The number of hydroxylamine groups is 1. The van der Waals surface area contributed by atoms with E-state index in [9.17, 15) is 4.79 Å². The van der Waals surface area contributed by atoms with Crippen molar-refractivity contribution in [3.05, 3.63) is 65.9 Å². The van der Waals surface area contributed by atoms with Crippen molar-refractivity contribution in [2.75, 3.05) is 31.9 Å². The van der Waals surface area contributed by atoms with Crippen molar-refractivity contribution in [1.82, 2.24) is 20.3 Å². The molecule has 1 amide bonds. The zero-order valence-corrected chi connectivity index (χ0v) is 18.4. The number of pyridine rings is 1. The van der Waals surface area contributed by atoms with E-state index in [0.29, 0.717) is 11.7 Å². The molecule has 3 N–H and O–H groups in total. The van der Waals surface area contributed by atoms with Gasteiger partial charge in [-0.1, -0.05) is 30.3 Å². The van der Waals surface area contributed by atoms with Crippen LogP contribution in [-0.4, -0.2) is 52.5 Å². The van der Waals surface area contributed by atoms with Crippen LogP contribution in [0.25, 0.3) is 5.70 Å². The first-order chi connectivity index (χ1) is 15.6. The second kappa shape index (κ2) is 8.92. The van der Waals surface area contributed by atoms with Gasteiger partial charge in [-0.3, -0.25) is 20.0 Å². The molecule has 1 spiro atoms. The molecular formula is C25H31N5O2. The van der Waals surface area contributed by atoms with Gasteiger partial charge in [-0.2, -0.15) is 0 Å². The van der Waals surface area contributed by atoms with E-state index in [1.54, 1.807) is 6.20 Å². The highest BCUT2D eigenvalue weighted by molar-refractivity contribution is 5.79. The molecule has 0 radical (unpaired) electrons. The van der Waals surface area contributed by atoms with Crippen LogP contribution in [0.5, 0.6) is 0 Å². The van der Waals surface area contributed by atoms with E-state index in [2.05, 4.69) is 33.6 Å². The maximum Gasteiger partial charge on any atom is 0.225 e. The quantitative estimate of drug-likeness (QED) is 0.772. The highest BCUT2D eigenvalue weighted by Crippen LogP contribution is 2.35. The number of rotatable bonds is 4. The molecule has 7 heteroatoms. The molecule has 4 heterocycles. The Morgan fingerprint density at radius 1 is 1.12 bits per heavy atom. The number of likely N-dealkylation sites (tertiary alicyclic amines) is 2. The number of piperidine rings is 2. The van der Waals surface area contributed by atoms with Crippen molar-refractivity contribution in [1.29, 1.82) is 0 Å². The number of nitrogens with two attached hydrogens (primary N) is 1. The topological polar surface area (TPSA) is 83.7 Å². The number of carbonyl (C=O) groups excluding carboxylic acids is 1. The average molecular weight is 434 g/mol. The predicted molar refractivity (Wildman–Crippen MR) is 124 cm³/mol. The fourth-order valence-electron chi connectivity index (χ4n) is 5.04. The normalized spacial score (nSPS) is 21.4. The summed E-state index contributed by atoms with van der Waals surface area (Å²) in [6.45, 7) is 4.23. The smallest absolute Gasteiger partial charge is 0.225 e. The molecular weight excluding hydrogens is 402 g/mol. The van der Waals surface area contributed by atoms with E-state index in [-0.39, 0.29) is 11.5 Å². The summed E-state index contributed by atoms with van der Waals surface area (Å²) >= 11 is 0. The maximum atomic E-state index is 13.2. The molecule has 1 aromatic heterocycles. The first-order valence-electron chi connectivity index (χ1n) is 11.5. The van der Waals surface area contributed by atoms with Gasteiger partial charge in [0.05, 0.1) is 5.70 Å². The summed E-state index contributed by atoms with van der Waals surface area (Å²) in [6, 6.07) is 14.2. The van der Waals surface area contributed by atoms with Crippen molar-refractivity contribution >= 4 is 17.4 Å². The predicted octanol–water partition coefficient (Wildman–Crippen LogP) is 2.81. The minimum Gasteiger partial charge on any atom is -0.384 e. The fourth-order valence-corrected chi connectivity index (χ4v) is 5.04. The maximum absolute atomic E-state index is 13.2. The first-order valence-corrected chi connectivity index (χ1v) is 11.5. The second-order valence-corrected chi connectivity index (χ2v) is 9.16. The number of hydrogen-bond acceptors (Lipinski definition) is 6. The lowest BCUT2D eigenvalue weighted by atomic mass is 9.88. The highest BCUT2D eigenvalue weighted by Gasteiger charge is 2.41. The number of amides is 1. The lowest BCUT2D eigenvalue weighted by molar-refractivity contribution is -0.142. The molecule has 3 aliphatic rings. The van der Waals surface area contributed by atoms with Crippen molar-refractivity contribution in [3.8, 4) is 0 Å². The standard InChI is InChI=1S/C25H31N5O2/c26-23-16-19(6-11-27-23)18-29-12-7-21(8-13-29)24(31)30-14-9-25(10-15-30)17-22(28-32-25)20-4-2-1-3-5-20/h1-6,11,16-17,21,28H,7-10,12-15,18H2,(H2,26,27). The summed E-state index contributed by atoms with van der Waals surface area (Å²) in [5, 5.41) is 0. The molecule has 0 unspecified atom stereocenters. The molecule has 0 aliphatic carbocycles. The van der Waals surface area contributed by atoms with E-state index in [0.717, 1.165) is 69.7 Å². The summed E-state index contributed by atoms with van der Waals surface area (Å²) in [5.74, 6) is 0.995. The fraction of sp³-hybridized carbons (Fsp3) is 0.440. The average Bonchev–Trinajstić information content (AvgIpc) is 3.24. The number of anilines is 1. The van der Waals surface area contributed by atoms with Crippen LogP contribution in [0.1, 0.15) is 36.8 Å². The van der Waals surface area contributed by atoms with Crippen LogP contribution in [-0.2, 0) is 16.2 Å². The van der Waals surface area contributed by atoms with E-state index >= 15 is 0 Å². The van der Waals surface area contributed by atoms with Crippen LogP contribution in [0.15, 0.2) is 54.7 Å². The molecule has 32 heavy (non-hydrogen) atoms. The third kappa shape index (κ3) is 4.49. The minimum absolute atomic E-state index is 0.126. The number of aromatic nitrogens is 1. The number of carbonyl (C=O) groups is 1. The summed E-state index contributed by atoms with van der Waals surface area (Å²) in [5.41, 5.74) is 11.9. The van der Waals surface area contributed by atoms with Gasteiger partial charge >= 0.3 is 0 Å². The van der Waals surface area contributed by atoms with Gasteiger partial charge in [-0.25, -0.2) is 4.98 Å². The van der Waals surface area contributed by atoms with E-state index < -0.39 is 0 Å². The van der Waals surface area contributed by atoms with Crippen molar-refractivity contribution < 1.29 is 9.63 Å². The Labute approximate surface area is 189 Å². The van der Waals surface area contributed by atoms with Gasteiger partial charge in [0.15, 0.2) is 0 Å². The Morgan fingerprint density at radius 3 is 2.59 bits per heavy atom. The third-order valence-corrected chi connectivity index (χ3v) is 6.97. The molecule has 7 nitrogen and oxygen atoms in total. The number of nitrogen functional groups attached to an aromatic ring is 1. The van der Waals surface area contributed by atoms with E-state index in [4.69, 9.17) is 10.6 Å². The Morgan fingerprint density at radius 2 is 1.88 bits per heavy atom. The van der Waals surface area contributed by atoms with E-state index in [1.165, 1.54) is 5.56 Å². The third-order valence-electron chi connectivity index (χ3n) is 6.97. The van der Waals surface area contributed by atoms with Crippen LogP contribution in [0, 0.1) is 5.92 Å². The number of hydrogen-bond donors (Lipinski definition) is 2. The van der Waals surface area contributed by atoms with Gasteiger partial charge in [0.2, 0.25) is 5.91 Å². The van der Waals surface area contributed by atoms with Gasteiger partial charge in [0.25, 0.3) is 0 Å². The summed E-state index contributed by atoms with van der Waals surface area (Å²) in [4.78, 5) is 27.7. The largest absolute Gasteiger partial charge is 0.384 e. The highest BCUT2D eigenvalue weighted by atomic mass is 16.7. The SMILES string of the molecule is Nc1cc(CN2CCC(C(=O)N3CCC4(C=C(c5ccccc5)NO4)CC3)CC2)ccn1. The van der Waals surface area contributed by atoms with Gasteiger partial charge < -0.3 is 10.6 Å². The van der Waals surface area contributed by atoms with Crippen molar-refractivity contribution in [2.45, 2.75) is 37.8 Å². The molecule has 168 valence electrons. The van der Waals surface area contributed by atoms with Crippen LogP contribution >= 0.6 is 0 Å². The Hall–Kier alpha value is -2.90. The summed E-state index contributed by atoms with van der Waals surface area (Å²) < 4.78 is 0. The Kier molecular flexibility index (Phi) is 5.85. The zero-order chi connectivity index (χ0) is 22.0. The molecule has 1 aromatic carbocycles. The van der Waals surface area contributed by atoms with Gasteiger partial charge in [-0.05, 0) is 55.3 Å². The summed E-state index contributed by atoms with van der Waals surface area (Å²) in [6.07, 6.45) is 7.43. The van der Waals surface area contributed by atoms with Crippen LogP contribution in [0.4, 0.5) is 5.82 Å².